The zero-order valence-electron chi connectivity index (χ0n) is 13.0. The fraction of sp³-hybridized carbons (Fsp3) is 0.667. The first-order chi connectivity index (χ1) is 9.72. The van der Waals surface area contributed by atoms with E-state index in [0.717, 1.165) is 6.54 Å². The van der Waals surface area contributed by atoms with Gasteiger partial charge >= 0.3 is 0 Å². The highest BCUT2D eigenvalue weighted by Gasteiger charge is 2.40. The van der Waals surface area contributed by atoms with Gasteiger partial charge in [0.15, 0.2) is 0 Å². The SMILES string of the molecule is CCC1CNC2(CCCC2)CN1Cc1ccccc1C. The third-order valence-electron chi connectivity index (χ3n) is 5.40. The minimum atomic E-state index is 0.425. The highest BCUT2D eigenvalue weighted by Crippen LogP contribution is 2.34. The molecule has 1 saturated carbocycles. The first kappa shape index (κ1) is 14.1. The van der Waals surface area contributed by atoms with Gasteiger partial charge in [0.2, 0.25) is 0 Å². The molecular weight excluding hydrogens is 244 g/mol. The van der Waals surface area contributed by atoms with Crippen molar-refractivity contribution in [3.63, 3.8) is 0 Å². The first-order valence-electron chi connectivity index (χ1n) is 8.26. The second kappa shape index (κ2) is 5.87. The van der Waals surface area contributed by atoms with E-state index in [2.05, 4.69) is 48.3 Å². The highest BCUT2D eigenvalue weighted by atomic mass is 15.3. The van der Waals surface area contributed by atoms with Crippen LogP contribution in [0, 0.1) is 6.92 Å². The molecule has 0 aromatic heterocycles. The van der Waals surface area contributed by atoms with Gasteiger partial charge in [-0.3, -0.25) is 4.90 Å². The third kappa shape index (κ3) is 2.77. The molecule has 2 heteroatoms. The van der Waals surface area contributed by atoms with Crippen molar-refractivity contribution >= 4 is 0 Å². The predicted molar refractivity (Wildman–Crippen MR) is 84.9 cm³/mol. The van der Waals surface area contributed by atoms with Crippen molar-refractivity contribution in [1.82, 2.24) is 10.2 Å². The van der Waals surface area contributed by atoms with Gasteiger partial charge < -0.3 is 5.32 Å². The summed E-state index contributed by atoms with van der Waals surface area (Å²) in [5, 5.41) is 3.88. The van der Waals surface area contributed by atoms with Crippen molar-refractivity contribution in [2.45, 2.75) is 64.1 Å². The fourth-order valence-electron chi connectivity index (χ4n) is 4.02. The van der Waals surface area contributed by atoms with E-state index in [4.69, 9.17) is 0 Å². The molecule has 1 N–H and O–H groups in total. The molecule has 110 valence electrons. The molecule has 1 spiro atoms. The number of rotatable bonds is 3. The standard InChI is InChI=1S/C18H28N2/c1-3-17-12-19-18(10-6-7-11-18)14-20(17)13-16-9-5-4-8-15(16)2/h4-5,8-9,17,19H,3,6-7,10-14H2,1-2H3. The molecule has 1 aliphatic heterocycles. The lowest BCUT2D eigenvalue weighted by molar-refractivity contribution is 0.0716. The van der Waals surface area contributed by atoms with Crippen LogP contribution in [-0.2, 0) is 6.54 Å². The van der Waals surface area contributed by atoms with Gasteiger partial charge in [-0.2, -0.15) is 0 Å². The number of hydrogen-bond donors (Lipinski definition) is 1. The maximum atomic E-state index is 3.88. The molecule has 3 rings (SSSR count). The average molecular weight is 272 g/mol. The van der Waals surface area contributed by atoms with Gasteiger partial charge in [0.25, 0.3) is 0 Å². The van der Waals surface area contributed by atoms with E-state index in [9.17, 15) is 0 Å². The lowest BCUT2D eigenvalue weighted by atomic mass is 9.91. The van der Waals surface area contributed by atoms with E-state index in [1.54, 1.807) is 0 Å². The van der Waals surface area contributed by atoms with Crippen molar-refractivity contribution in [2.75, 3.05) is 13.1 Å². The van der Waals surface area contributed by atoms with Crippen LogP contribution in [0.3, 0.4) is 0 Å². The molecule has 1 heterocycles. The topological polar surface area (TPSA) is 15.3 Å². The highest BCUT2D eigenvalue weighted by molar-refractivity contribution is 5.25. The Labute approximate surface area is 123 Å². The predicted octanol–water partition coefficient (Wildman–Crippen LogP) is 3.49. The second-order valence-corrected chi connectivity index (χ2v) is 6.76. The van der Waals surface area contributed by atoms with Crippen LogP contribution in [0.1, 0.15) is 50.2 Å². The van der Waals surface area contributed by atoms with Crippen LogP contribution in [0.4, 0.5) is 0 Å². The van der Waals surface area contributed by atoms with E-state index >= 15 is 0 Å². The Bertz CT molecular complexity index is 448. The van der Waals surface area contributed by atoms with Gasteiger partial charge in [-0.1, -0.05) is 44.0 Å². The summed E-state index contributed by atoms with van der Waals surface area (Å²) >= 11 is 0. The summed E-state index contributed by atoms with van der Waals surface area (Å²) in [6.45, 7) is 8.09. The first-order valence-corrected chi connectivity index (χ1v) is 8.26. The zero-order chi connectivity index (χ0) is 14.0. The quantitative estimate of drug-likeness (QED) is 0.906. The molecule has 1 atom stereocenters. The number of piperazine rings is 1. The van der Waals surface area contributed by atoms with Gasteiger partial charge in [-0.05, 0) is 37.3 Å². The smallest absolute Gasteiger partial charge is 0.0309 e. The van der Waals surface area contributed by atoms with Crippen LogP contribution in [0.2, 0.25) is 0 Å². The Balaban J connectivity index is 1.76. The summed E-state index contributed by atoms with van der Waals surface area (Å²) in [4.78, 5) is 2.74. The lowest BCUT2D eigenvalue weighted by Crippen LogP contribution is -2.62. The fourth-order valence-corrected chi connectivity index (χ4v) is 4.02. The number of aryl methyl sites for hydroxylation is 1. The molecular formula is C18H28N2. The molecule has 0 amide bonds. The summed E-state index contributed by atoms with van der Waals surface area (Å²) < 4.78 is 0. The Kier molecular flexibility index (Phi) is 4.13. The third-order valence-corrected chi connectivity index (χ3v) is 5.40. The zero-order valence-corrected chi connectivity index (χ0v) is 13.0. The molecule has 1 aromatic carbocycles. The minimum absolute atomic E-state index is 0.425. The molecule has 1 aromatic rings. The molecule has 1 aliphatic carbocycles. The molecule has 0 radical (unpaired) electrons. The monoisotopic (exact) mass is 272 g/mol. The lowest BCUT2D eigenvalue weighted by Gasteiger charge is -2.46. The van der Waals surface area contributed by atoms with Crippen molar-refractivity contribution in [1.29, 1.82) is 0 Å². The Morgan fingerprint density at radius 1 is 1.25 bits per heavy atom. The number of benzene rings is 1. The Morgan fingerprint density at radius 2 is 2.00 bits per heavy atom. The Morgan fingerprint density at radius 3 is 2.70 bits per heavy atom. The van der Waals surface area contributed by atoms with Crippen molar-refractivity contribution < 1.29 is 0 Å². The average Bonchev–Trinajstić information content (AvgIpc) is 2.90. The van der Waals surface area contributed by atoms with E-state index in [1.807, 2.05) is 0 Å². The number of nitrogens with zero attached hydrogens (tertiary/aromatic N) is 1. The van der Waals surface area contributed by atoms with Crippen LogP contribution in [-0.4, -0.2) is 29.6 Å². The van der Waals surface area contributed by atoms with Crippen molar-refractivity contribution in [3.05, 3.63) is 35.4 Å². The molecule has 1 saturated heterocycles. The number of hydrogen-bond acceptors (Lipinski definition) is 2. The summed E-state index contributed by atoms with van der Waals surface area (Å²) in [5.41, 5.74) is 3.36. The van der Waals surface area contributed by atoms with Crippen molar-refractivity contribution in [2.24, 2.45) is 0 Å². The molecule has 0 bridgehead atoms. The van der Waals surface area contributed by atoms with Crippen molar-refractivity contribution in [3.8, 4) is 0 Å². The van der Waals surface area contributed by atoms with Crippen LogP contribution in [0.15, 0.2) is 24.3 Å². The second-order valence-electron chi connectivity index (χ2n) is 6.76. The van der Waals surface area contributed by atoms with E-state index in [1.165, 1.54) is 56.3 Å². The van der Waals surface area contributed by atoms with E-state index in [-0.39, 0.29) is 0 Å². The normalized spacial score (nSPS) is 26.2. The van der Waals surface area contributed by atoms with Gasteiger partial charge in [-0.15, -0.1) is 0 Å². The van der Waals surface area contributed by atoms with Crippen LogP contribution in [0.5, 0.6) is 0 Å². The number of nitrogens with one attached hydrogen (secondary N) is 1. The molecule has 20 heavy (non-hydrogen) atoms. The van der Waals surface area contributed by atoms with Gasteiger partial charge in [0.05, 0.1) is 0 Å². The minimum Gasteiger partial charge on any atom is -0.308 e. The molecule has 1 unspecified atom stereocenters. The molecule has 2 nitrogen and oxygen atoms in total. The summed E-state index contributed by atoms with van der Waals surface area (Å²) in [7, 11) is 0. The Hall–Kier alpha value is -0.860. The van der Waals surface area contributed by atoms with Crippen LogP contribution in [0.25, 0.3) is 0 Å². The maximum Gasteiger partial charge on any atom is 0.0309 e. The maximum absolute atomic E-state index is 3.88. The van der Waals surface area contributed by atoms with Gasteiger partial charge in [-0.25, -0.2) is 0 Å². The largest absolute Gasteiger partial charge is 0.308 e. The van der Waals surface area contributed by atoms with Gasteiger partial charge in [0.1, 0.15) is 0 Å². The van der Waals surface area contributed by atoms with E-state index < -0.39 is 0 Å². The molecule has 2 fully saturated rings. The van der Waals surface area contributed by atoms with E-state index in [0.29, 0.717) is 11.6 Å². The van der Waals surface area contributed by atoms with Crippen LogP contribution >= 0.6 is 0 Å². The van der Waals surface area contributed by atoms with Gasteiger partial charge in [0, 0.05) is 31.2 Å². The summed E-state index contributed by atoms with van der Waals surface area (Å²) in [5.74, 6) is 0. The van der Waals surface area contributed by atoms with Crippen LogP contribution < -0.4 is 5.32 Å². The summed E-state index contributed by atoms with van der Waals surface area (Å²) in [6.07, 6.45) is 6.79. The summed E-state index contributed by atoms with van der Waals surface area (Å²) in [6, 6.07) is 9.55. The molecule has 2 aliphatic rings.